The molecule has 140 valence electrons. The molecule has 0 bridgehead atoms. The van der Waals surface area contributed by atoms with Gasteiger partial charge in [0.2, 0.25) is 11.8 Å². The number of benzene rings is 2. The quantitative estimate of drug-likeness (QED) is 0.349. The number of carbonyl (C=O) groups excluding carboxylic acids is 2. The van der Waals surface area contributed by atoms with Gasteiger partial charge in [-0.05, 0) is 24.3 Å². The lowest BCUT2D eigenvalue weighted by atomic mass is 10.1. The molecule has 0 saturated carbocycles. The molecule has 0 aromatic heterocycles. The van der Waals surface area contributed by atoms with Crippen molar-refractivity contribution in [1.82, 2.24) is 5.32 Å². The Labute approximate surface area is 150 Å². The predicted molar refractivity (Wildman–Crippen MR) is 90.1 cm³/mol. The van der Waals surface area contributed by atoms with Gasteiger partial charge in [-0.25, -0.2) is 13.2 Å². The van der Waals surface area contributed by atoms with Crippen LogP contribution in [0.2, 0.25) is 0 Å². The fourth-order valence-electron chi connectivity index (χ4n) is 2.00. The molecule has 0 atom stereocenters. The largest absolute Gasteiger partial charge is 0.343 e. The maximum atomic E-state index is 13.4. The number of rotatable bonds is 6. The van der Waals surface area contributed by atoms with E-state index < -0.39 is 46.4 Å². The summed E-state index contributed by atoms with van der Waals surface area (Å²) < 4.78 is 39.3. The van der Waals surface area contributed by atoms with E-state index in [1.807, 2.05) is 5.32 Å². The minimum atomic E-state index is -1.73. The van der Waals surface area contributed by atoms with E-state index >= 15 is 0 Å². The minimum Gasteiger partial charge on any atom is -0.343 e. The fourth-order valence-corrected chi connectivity index (χ4v) is 2.00. The molecule has 2 aromatic rings. The van der Waals surface area contributed by atoms with Crippen LogP contribution in [0.1, 0.15) is 5.56 Å². The Hall–Kier alpha value is -3.69. The van der Waals surface area contributed by atoms with Gasteiger partial charge in [0.05, 0.1) is 22.7 Å². The van der Waals surface area contributed by atoms with Crippen LogP contribution in [0.4, 0.5) is 24.5 Å². The van der Waals surface area contributed by atoms with Crippen molar-refractivity contribution in [3.8, 4) is 0 Å². The highest BCUT2D eigenvalue weighted by Crippen LogP contribution is 2.20. The zero-order valence-corrected chi connectivity index (χ0v) is 13.5. The van der Waals surface area contributed by atoms with Gasteiger partial charge in [-0.2, -0.15) is 0 Å². The predicted octanol–water partition coefficient (Wildman–Crippen LogP) is 2.78. The van der Waals surface area contributed by atoms with E-state index in [0.29, 0.717) is 6.07 Å². The summed E-state index contributed by atoms with van der Waals surface area (Å²) in [5, 5.41) is 15.0. The first-order valence-electron chi connectivity index (χ1n) is 7.42. The maximum absolute atomic E-state index is 13.4. The second-order valence-corrected chi connectivity index (χ2v) is 5.14. The van der Waals surface area contributed by atoms with E-state index in [4.69, 9.17) is 0 Å². The summed E-state index contributed by atoms with van der Waals surface area (Å²) in [6, 6.07) is 7.19. The lowest BCUT2D eigenvalue weighted by Gasteiger charge is -2.07. The van der Waals surface area contributed by atoms with Gasteiger partial charge in [0.25, 0.3) is 5.69 Å². The number of para-hydroxylation sites is 1. The van der Waals surface area contributed by atoms with Gasteiger partial charge in [0.15, 0.2) is 17.5 Å². The minimum absolute atomic E-state index is 0.186. The lowest BCUT2D eigenvalue weighted by Crippen LogP contribution is -2.32. The average Bonchev–Trinajstić information content (AvgIpc) is 2.65. The highest BCUT2D eigenvalue weighted by molar-refractivity contribution is 5.98. The molecule has 0 aliphatic rings. The van der Waals surface area contributed by atoms with Crippen LogP contribution in [0.15, 0.2) is 42.5 Å². The highest BCUT2D eigenvalue weighted by atomic mass is 19.2. The summed E-state index contributed by atoms with van der Waals surface area (Å²) in [4.78, 5) is 33.6. The molecule has 2 aromatic carbocycles. The second kappa shape index (κ2) is 8.61. The third kappa shape index (κ3) is 5.14. The van der Waals surface area contributed by atoms with Crippen molar-refractivity contribution in [2.45, 2.75) is 0 Å². The first-order chi connectivity index (χ1) is 12.8. The maximum Gasteiger partial charge on any atom is 0.276 e. The third-order valence-electron chi connectivity index (χ3n) is 3.28. The smallest absolute Gasteiger partial charge is 0.276 e. The second-order valence-electron chi connectivity index (χ2n) is 5.14. The highest BCUT2D eigenvalue weighted by Gasteiger charge is 2.15. The van der Waals surface area contributed by atoms with Gasteiger partial charge in [0.1, 0.15) is 0 Å². The number of amides is 2. The van der Waals surface area contributed by atoms with E-state index in [0.717, 1.165) is 12.1 Å². The van der Waals surface area contributed by atoms with Crippen molar-refractivity contribution in [3.05, 3.63) is 75.6 Å². The molecule has 0 saturated heterocycles. The molecule has 0 aliphatic heterocycles. The number of hydrogen-bond acceptors (Lipinski definition) is 4. The van der Waals surface area contributed by atoms with Crippen LogP contribution in [0.3, 0.4) is 0 Å². The van der Waals surface area contributed by atoms with Crippen LogP contribution in [-0.2, 0) is 9.59 Å². The Morgan fingerprint density at radius 2 is 1.78 bits per heavy atom. The van der Waals surface area contributed by atoms with Gasteiger partial charge in [-0.1, -0.05) is 12.1 Å². The third-order valence-corrected chi connectivity index (χ3v) is 3.28. The molecule has 0 radical (unpaired) electrons. The Morgan fingerprint density at radius 3 is 2.48 bits per heavy atom. The number of nitro benzene ring substituents is 1. The van der Waals surface area contributed by atoms with Crippen molar-refractivity contribution in [1.29, 1.82) is 0 Å². The van der Waals surface area contributed by atoms with E-state index in [-0.39, 0.29) is 11.3 Å². The first-order valence-corrected chi connectivity index (χ1v) is 7.42. The molecule has 2 amide bonds. The molecule has 0 fully saturated rings. The zero-order valence-electron chi connectivity index (χ0n) is 13.5. The van der Waals surface area contributed by atoms with Gasteiger partial charge in [0, 0.05) is 12.1 Å². The summed E-state index contributed by atoms with van der Waals surface area (Å²) in [6.45, 7) is -0.585. The van der Waals surface area contributed by atoms with E-state index in [1.165, 1.54) is 24.3 Å². The number of halogens is 3. The number of nitro groups is 1. The summed E-state index contributed by atoms with van der Waals surface area (Å²) in [7, 11) is 0. The molecule has 0 unspecified atom stereocenters. The number of nitrogens with one attached hydrogen (secondary N) is 2. The molecular weight excluding hydrogens is 367 g/mol. The number of anilines is 1. The molecule has 0 spiro atoms. The van der Waals surface area contributed by atoms with Crippen molar-refractivity contribution in [3.63, 3.8) is 0 Å². The lowest BCUT2D eigenvalue weighted by molar-refractivity contribution is -0.385. The molecule has 27 heavy (non-hydrogen) atoms. The van der Waals surface area contributed by atoms with Crippen LogP contribution < -0.4 is 10.6 Å². The van der Waals surface area contributed by atoms with Crippen molar-refractivity contribution in [2.75, 3.05) is 11.9 Å². The van der Waals surface area contributed by atoms with Crippen molar-refractivity contribution < 1.29 is 27.7 Å². The van der Waals surface area contributed by atoms with E-state index in [1.54, 1.807) is 6.07 Å². The van der Waals surface area contributed by atoms with Gasteiger partial charge < -0.3 is 10.6 Å². The molecular formula is C17H12F3N3O4. The summed E-state index contributed by atoms with van der Waals surface area (Å²) >= 11 is 0. The molecule has 7 nitrogen and oxygen atoms in total. The standard InChI is InChI=1S/C17H12F3N3O4/c18-11-6-7-12(17(20)16(11)19)22-15(25)9-21-14(24)8-5-10-3-1-2-4-13(10)23(26)27/h1-8H,9H2,(H,21,24)(H,22,25). The molecule has 0 aliphatic carbocycles. The number of hydrogen-bond donors (Lipinski definition) is 2. The van der Waals surface area contributed by atoms with E-state index in [9.17, 15) is 32.9 Å². The van der Waals surface area contributed by atoms with Crippen LogP contribution in [0.25, 0.3) is 6.08 Å². The molecule has 2 N–H and O–H groups in total. The monoisotopic (exact) mass is 379 g/mol. The Balaban J connectivity index is 1.93. The molecule has 0 heterocycles. The van der Waals surface area contributed by atoms with Crippen molar-refractivity contribution >= 4 is 29.3 Å². The number of carbonyl (C=O) groups is 2. The first kappa shape index (κ1) is 19.6. The Morgan fingerprint density at radius 1 is 1.07 bits per heavy atom. The normalized spacial score (nSPS) is 10.6. The van der Waals surface area contributed by atoms with Gasteiger partial charge in [-0.3, -0.25) is 19.7 Å². The van der Waals surface area contributed by atoms with Crippen LogP contribution >= 0.6 is 0 Å². The van der Waals surface area contributed by atoms with Gasteiger partial charge in [-0.15, -0.1) is 0 Å². The Bertz CT molecular complexity index is 932. The average molecular weight is 379 g/mol. The number of nitrogens with zero attached hydrogens (tertiary/aromatic N) is 1. The van der Waals surface area contributed by atoms with Gasteiger partial charge >= 0.3 is 0 Å². The summed E-state index contributed by atoms with van der Waals surface area (Å²) in [5.41, 5.74) is -0.595. The topological polar surface area (TPSA) is 101 Å². The Kier molecular flexibility index (Phi) is 6.26. The van der Waals surface area contributed by atoms with E-state index in [2.05, 4.69) is 5.32 Å². The van der Waals surface area contributed by atoms with Crippen LogP contribution in [0.5, 0.6) is 0 Å². The van der Waals surface area contributed by atoms with Crippen molar-refractivity contribution in [2.24, 2.45) is 0 Å². The summed E-state index contributed by atoms with van der Waals surface area (Å²) in [6.07, 6.45) is 2.17. The molecule has 2 rings (SSSR count). The zero-order chi connectivity index (χ0) is 20.0. The summed E-state index contributed by atoms with van der Waals surface area (Å²) in [5.74, 6) is -6.32. The SMILES string of the molecule is O=C(C=Cc1ccccc1[N+](=O)[O-])NCC(=O)Nc1ccc(F)c(F)c1F. The van der Waals surface area contributed by atoms with Crippen LogP contribution in [-0.4, -0.2) is 23.3 Å². The fraction of sp³-hybridized carbons (Fsp3) is 0.0588. The molecule has 10 heteroatoms. The van der Waals surface area contributed by atoms with Crippen LogP contribution in [0, 0.1) is 27.6 Å².